The van der Waals surface area contributed by atoms with Crippen LogP contribution in [0.15, 0.2) is 54.6 Å². The minimum atomic E-state index is -0.615. The third kappa shape index (κ3) is 5.84. The van der Waals surface area contributed by atoms with Crippen LogP contribution < -0.4 is 5.32 Å². The first-order chi connectivity index (χ1) is 19.3. The van der Waals surface area contributed by atoms with Crippen molar-refractivity contribution in [1.29, 1.82) is 0 Å². The van der Waals surface area contributed by atoms with E-state index in [1.165, 1.54) is 16.9 Å². The van der Waals surface area contributed by atoms with E-state index in [1.54, 1.807) is 31.2 Å². The summed E-state index contributed by atoms with van der Waals surface area (Å²) in [4.78, 5) is 47.0. The Kier molecular flexibility index (Phi) is 8.11. The average Bonchev–Trinajstić information content (AvgIpc) is 3.50. The summed E-state index contributed by atoms with van der Waals surface area (Å²) in [5, 5.41) is 3.23. The van der Waals surface area contributed by atoms with Crippen molar-refractivity contribution in [2.24, 2.45) is 0 Å². The van der Waals surface area contributed by atoms with E-state index in [9.17, 15) is 14.4 Å². The lowest BCUT2D eigenvalue weighted by molar-refractivity contribution is -0.119. The largest absolute Gasteiger partial charge is 0.462 e. The lowest BCUT2D eigenvalue weighted by Crippen LogP contribution is -2.22. The van der Waals surface area contributed by atoms with Gasteiger partial charge >= 0.3 is 11.9 Å². The number of aryl methyl sites for hydroxylation is 2. The zero-order chi connectivity index (χ0) is 28.2. The normalized spacial score (nSPS) is 14.3. The Morgan fingerprint density at radius 3 is 2.45 bits per heavy atom. The summed E-state index contributed by atoms with van der Waals surface area (Å²) in [5.74, 6) is -0.516. The third-order valence-electron chi connectivity index (χ3n) is 7.13. The summed E-state index contributed by atoms with van der Waals surface area (Å²) in [6.07, 6.45) is 2.41. The summed E-state index contributed by atoms with van der Waals surface area (Å²) >= 11 is 1.39. The van der Waals surface area contributed by atoms with E-state index < -0.39 is 24.5 Å². The number of aromatic nitrogens is 2. The third-order valence-corrected chi connectivity index (χ3v) is 8.30. The molecule has 5 rings (SSSR count). The zero-order valence-electron chi connectivity index (χ0n) is 22.7. The van der Waals surface area contributed by atoms with Gasteiger partial charge in [0.05, 0.1) is 23.4 Å². The summed E-state index contributed by atoms with van der Waals surface area (Å²) < 4.78 is 10.6. The zero-order valence-corrected chi connectivity index (χ0v) is 23.5. The van der Waals surface area contributed by atoms with Crippen molar-refractivity contribution in [2.75, 3.05) is 18.5 Å². The number of fused-ring (bicyclic) bond motifs is 1. The molecule has 2 aromatic heterocycles. The van der Waals surface area contributed by atoms with Crippen molar-refractivity contribution in [3.05, 3.63) is 93.1 Å². The molecule has 0 saturated carbocycles. The SMILES string of the molecule is CCOC(=O)c1c(NC(=O)COC(=O)c2ccc(-c3nc(C)c(C)[nH]3)cc2)sc2c1CCC(c1ccccc1)C2. The topological polar surface area (TPSA) is 110 Å². The van der Waals surface area contributed by atoms with Crippen LogP contribution >= 0.6 is 11.3 Å². The number of ether oxygens (including phenoxy) is 2. The number of nitrogens with zero attached hydrogens (tertiary/aromatic N) is 1. The van der Waals surface area contributed by atoms with Gasteiger partial charge in [-0.25, -0.2) is 14.6 Å². The van der Waals surface area contributed by atoms with E-state index in [2.05, 4.69) is 27.4 Å². The van der Waals surface area contributed by atoms with Crippen LogP contribution in [-0.4, -0.2) is 41.0 Å². The molecule has 2 N–H and O–H groups in total. The van der Waals surface area contributed by atoms with Gasteiger partial charge in [-0.05, 0) is 69.2 Å². The minimum absolute atomic E-state index is 0.235. The molecule has 2 heterocycles. The quantitative estimate of drug-likeness (QED) is 0.257. The Morgan fingerprint density at radius 1 is 1.02 bits per heavy atom. The highest BCUT2D eigenvalue weighted by atomic mass is 32.1. The van der Waals surface area contributed by atoms with Gasteiger partial charge in [-0.1, -0.05) is 42.5 Å². The number of imidazole rings is 1. The molecule has 206 valence electrons. The molecule has 1 atom stereocenters. The van der Waals surface area contributed by atoms with E-state index >= 15 is 0 Å². The molecular formula is C31H31N3O5S. The van der Waals surface area contributed by atoms with Gasteiger partial charge in [-0.2, -0.15) is 0 Å². The number of anilines is 1. The molecule has 0 saturated heterocycles. The van der Waals surface area contributed by atoms with Gasteiger partial charge < -0.3 is 19.8 Å². The second-order valence-corrected chi connectivity index (χ2v) is 10.9. The molecule has 1 aliphatic carbocycles. The number of amides is 1. The molecule has 40 heavy (non-hydrogen) atoms. The van der Waals surface area contributed by atoms with Crippen LogP contribution in [0.5, 0.6) is 0 Å². The Bertz CT molecular complexity index is 1520. The number of carbonyl (C=O) groups is 3. The van der Waals surface area contributed by atoms with Crippen molar-refractivity contribution in [3.63, 3.8) is 0 Å². The van der Waals surface area contributed by atoms with Gasteiger partial charge in [0.1, 0.15) is 10.8 Å². The first-order valence-electron chi connectivity index (χ1n) is 13.3. The summed E-state index contributed by atoms with van der Waals surface area (Å²) in [6.45, 7) is 5.39. The number of esters is 2. The van der Waals surface area contributed by atoms with Crippen LogP contribution in [0.4, 0.5) is 5.00 Å². The number of thiophene rings is 1. The Balaban J connectivity index is 1.25. The molecule has 4 aromatic rings. The fraction of sp³-hybridized carbons (Fsp3) is 0.290. The molecule has 1 aliphatic rings. The van der Waals surface area contributed by atoms with Gasteiger partial charge in [-0.15, -0.1) is 11.3 Å². The fourth-order valence-electron chi connectivity index (χ4n) is 4.93. The number of carbonyl (C=O) groups excluding carboxylic acids is 3. The van der Waals surface area contributed by atoms with Crippen LogP contribution in [0.2, 0.25) is 0 Å². The lowest BCUT2D eigenvalue weighted by Gasteiger charge is -2.23. The molecule has 2 aromatic carbocycles. The van der Waals surface area contributed by atoms with E-state index in [0.717, 1.165) is 52.5 Å². The number of aromatic amines is 1. The molecule has 0 aliphatic heterocycles. The number of nitrogens with one attached hydrogen (secondary N) is 2. The molecule has 0 spiro atoms. The first kappa shape index (κ1) is 27.3. The van der Waals surface area contributed by atoms with Crippen LogP contribution in [0.3, 0.4) is 0 Å². The van der Waals surface area contributed by atoms with Gasteiger partial charge in [0, 0.05) is 16.1 Å². The highest BCUT2D eigenvalue weighted by Crippen LogP contribution is 2.42. The van der Waals surface area contributed by atoms with Crippen LogP contribution in [0.25, 0.3) is 11.4 Å². The lowest BCUT2D eigenvalue weighted by atomic mass is 9.83. The number of hydrogen-bond acceptors (Lipinski definition) is 7. The summed E-state index contributed by atoms with van der Waals surface area (Å²) in [7, 11) is 0. The number of benzene rings is 2. The van der Waals surface area contributed by atoms with Crippen molar-refractivity contribution in [1.82, 2.24) is 9.97 Å². The first-order valence-corrected chi connectivity index (χ1v) is 14.1. The maximum atomic E-state index is 12.9. The van der Waals surface area contributed by atoms with Gasteiger partial charge in [0.2, 0.25) is 0 Å². The Labute approximate surface area is 236 Å². The predicted molar refractivity (Wildman–Crippen MR) is 154 cm³/mol. The smallest absolute Gasteiger partial charge is 0.341 e. The Morgan fingerprint density at radius 2 is 1.77 bits per heavy atom. The van der Waals surface area contributed by atoms with E-state index in [-0.39, 0.29) is 6.61 Å². The van der Waals surface area contributed by atoms with Crippen molar-refractivity contribution < 1.29 is 23.9 Å². The van der Waals surface area contributed by atoms with Gasteiger partial charge in [0.25, 0.3) is 5.91 Å². The van der Waals surface area contributed by atoms with E-state index in [0.29, 0.717) is 22.0 Å². The molecular weight excluding hydrogens is 526 g/mol. The summed E-state index contributed by atoms with van der Waals surface area (Å²) in [5.41, 5.74) is 5.67. The highest BCUT2D eigenvalue weighted by Gasteiger charge is 2.31. The molecule has 8 nitrogen and oxygen atoms in total. The van der Waals surface area contributed by atoms with Crippen LogP contribution in [0, 0.1) is 13.8 Å². The number of hydrogen-bond donors (Lipinski definition) is 2. The maximum absolute atomic E-state index is 12.9. The standard InChI is InChI=1S/C31H31N3O5S/c1-4-38-31(37)27-24-15-14-23(20-8-6-5-7-9-20)16-25(24)40-29(27)34-26(35)17-39-30(36)22-12-10-21(11-13-22)28-32-18(2)19(3)33-28/h5-13,23H,4,14-17H2,1-3H3,(H,32,33)(H,34,35). The van der Waals surface area contributed by atoms with Crippen LogP contribution in [0.1, 0.15) is 67.4 Å². The van der Waals surface area contributed by atoms with Crippen molar-refractivity contribution in [2.45, 2.75) is 46.0 Å². The summed E-state index contributed by atoms with van der Waals surface area (Å²) in [6, 6.07) is 17.1. The van der Waals surface area contributed by atoms with Gasteiger partial charge in [-0.3, -0.25) is 4.79 Å². The second-order valence-electron chi connectivity index (χ2n) is 9.78. The monoisotopic (exact) mass is 557 g/mol. The molecule has 0 fully saturated rings. The molecule has 1 unspecified atom stereocenters. The van der Waals surface area contributed by atoms with E-state index in [1.807, 2.05) is 32.0 Å². The fourth-order valence-corrected chi connectivity index (χ4v) is 6.26. The number of rotatable bonds is 8. The second kappa shape index (κ2) is 11.9. The van der Waals surface area contributed by atoms with Crippen LogP contribution in [-0.2, 0) is 27.1 Å². The molecule has 0 radical (unpaired) electrons. The maximum Gasteiger partial charge on any atom is 0.341 e. The molecule has 0 bridgehead atoms. The van der Waals surface area contributed by atoms with Crippen molar-refractivity contribution in [3.8, 4) is 11.4 Å². The predicted octanol–water partition coefficient (Wildman–Crippen LogP) is 6.00. The van der Waals surface area contributed by atoms with E-state index in [4.69, 9.17) is 9.47 Å². The molecule has 9 heteroatoms. The number of H-pyrrole nitrogens is 1. The van der Waals surface area contributed by atoms with Gasteiger partial charge in [0.15, 0.2) is 6.61 Å². The minimum Gasteiger partial charge on any atom is -0.462 e. The van der Waals surface area contributed by atoms with Crippen molar-refractivity contribution >= 4 is 34.2 Å². The Hall–Kier alpha value is -4.24. The molecule has 1 amide bonds. The highest BCUT2D eigenvalue weighted by molar-refractivity contribution is 7.17. The average molecular weight is 558 g/mol.